The van der Waals surface area contributed by atoms with Crippen molar-refractivity contribution >= 4 is 27.5 Å². The van der Waals surface area contributed by atoms with Gasteiger partial charge in [-0.2, -0.15) is 0 Å². The summed E-state index contributed by atoms with van der Waals surface area (Å²) in [5.74, 6) is -0.666. The zero-order valence-electron chi connectivity index (χ0n) is 22.2. The molecule has 0 aliphatic heterocycles. The third kappa shape index (κ3) is 8.08. The molecule has 0 saturated heterocycles. The fourth-order valence-corrected chi connectivity index (χ4v) is 4.58. The SMILES string of the molecule is CC[C@@H](C)NC(=O)[C@H](CC)N(Cc1ccc(F)cc1)C(=O)CN(c1ccc(OC)c(OC)c1)S(C)(=O)=O. The van der Waals surface area contributed by atoms with Gasteiger partial charge in [-0.05, 0) is 49.6 Å². The standard InChI is InChI=1S/C26H36FN3O6S/c1-7-18(3)28-26(32)22(8-2)29(16-19-9-11-20(27)12-10-19)25(31)17-30(37(6,33)34)21-13-14-23(35-4)24(15-21)36-5/h9-15,18,22H,7-8,16-17H2,1-6H3,(H,28,32)/t18-,22+/m1/s1. The van der Waals surface area contributed by atoms with Gasteiger partial charge < -0.3 is 19.7 Å². The normalized spacial score (nSPS) is 12.8. The Labute approximate surface area is 218 Å². The number of methoxy groups -OCH3 is 2. The second-order valence-electron chi connectivity index (χ2n) is 8.70. The van der Waals surface area contributed by atoms with Crippen LogP contribution in [0.1, 0.15) is 39.2 Å². The first-order chi connectivity index (χ1) is 17.4. The summed E-state index contributed by atoms with van der Waals surface area (Å²) in [7, 11) is -1.03. The van der Waals surface area contributed by atoms with E-state index in [4.69, 9.17) is 9.47 Å². The van der Waals surface area contributed by atoms with E-state index in [9.17, 15) is 22.4 Å². The lowest BCUT2D eigenvalue weighted by molar-refractivity contribution is -0.140. The summed E-state index contributed by atoms with van der Waals surface area (Å²) < 4.78 is 50.5. The van der Waals surface area contributed by atoms with E-state index < -0.39 is 34.3 Å². The molecule has 0 aliphatic carbocycles. The van der Waals surface area contributed by atoms with Gasteiger partial charge in [0.15, 0.2) is 11.5 Å². The molecule has 1 N–H and O–H groups in total. The zero-order chi connectivity index (χ0) is 27.8. The predicted octanol–water partition coefficient (Wildman–Crippen LogP) is 3.33. The second-order valence-corrected chi connectivity index (χ2v) is 10.6. The number of rotatable bonds is 13. The maximum atomic E-state index is 13.7. The Morgan fingerprint density at radius 2 is 1.62 bits per heavy atom. The molecule has 2 aromatic rings. The third-order valence-electron chi connectivity index (χ3n) is 5.99. The highest BCUT2D eigenvalue weighted by atomic mass is 32.2. The molecule has 11 heteroatoms. The first-order valence-electron chi connectivity index (χ1n) is 12.0. The topological polar surface area (TPSA) is 105 Å². The molecule has 0 aromatic heterocycles. The van der Waals surface area contributed by atoms with E-state index in [1.807, 2.05) is 13.8 Å². The fraction of sp³-hybridized carbons (Fsp3) is 0.462. The number of anilines is 1. The van der Waals surface area contributed by atoms with Crippen LogP contribution in [0.15, 0.2) is 42.5 Å². The average molecular weight is 538 g/mol. The number of carbonyl (C=O) groups is 2. The number of nitrogens with one attached hydrogen (secondary N) is 1. The molecule has 0 fully saturated rings. The van der Waals surface area contributed by atoms with Crippen molar-refractivity contribution in [2.24, 2.45) is 0 Å². The van der Waals surface area contributed by atoms with Crippen molar-refractivity contribution in [3.63, 3.8) is 0 Å². The van der Waals surface area contributed by atoms with E-state index in [1.165, 1.54) is 55.5 Å². The Morgan fingerprint density at radius 1 is 1.00 bits per heavy atom. The van der Waals surface area contributed by atoms with Gasteiger partial charge in [-0.15, -0.1) is 0 Å². The number of nitrogens with zero attached hydrogens (tertiary/aromatic N) is 2. The number of hydrogen-bond acceptors (Lipinski definition) is 6. The Morgan fingerprint density at radius 3 is 2.14 bits per heavy atom. The van der Waals surface area contributed by atoms with Gasteiger partial charge in [-0.25, -0.2) is 12.8 Å². The summed E-state index contributed by atoms with van der Waals surface area (Å²) in [6.07, 6.45) is 1.99. The molecule has 2 rings (SSSR count). The molecule has 0 unspecified atom stereocenters. The van der Waals surface area contributed by atoms with Crippen LogP contribution in [0, 0.1) is 5.82 Å². The monoisotopic (exact) mass is 537 g/mol. The van der Waals surface area contributed by atoms with Crippen molar-refractivity contribution in [2.45, 2.75) is 52.2 Å². The highest BCUT2D eigenvalue weighted by molar-refractivity contribution is 7.92. The summed E-state index contributed by atoms with van der Waals surface area (Å²) >= 11 is 0. The van der Waals surface area contributed by atoms with Gasteiger partial charge >= 0.3 is 0 Å². The van der Waals surface area contributed by atoms with Crippen LogP contribution < -0.4 is 19.1 Å². The molecular formula is C26H36FN3O6S. The third-order valence-corrected chi connectivity index (χ3v) is 7.13. The number of hydrogen-bond donors (Lipinski definition) is 1. The van der Waals surface area contributed by atoms with Crippen molar-refractivity contribution in [1.29, 1.82) is 0 Å². The first kappa shape index (κ1) is 29.9. The number of ether oxygens (including phenoxy) is 2. The van der Waals surface area contributed by atoms with Gasteiger partial charge in [0.1, 0.15) is 18.4 Å². The van der Waals surface area contributed by atoms with Crippen LogP contribution in [0.5, 0.6) is 11.5 Å². The van der Waals surface area contributed by atoms with Gasteiger partial charge in [-0.3, -0.25) is 13.9 Å². The van der Waals surface area contributed by atoms with Crippen molar-refractivity contribution in [3.05, 3.63) is 53.8 Å². The molecule has 0 radical (unpaired) electrons. The summed E-state index contributed by atoms with van der Waals surface area (Å²) in [5.41, 5.74) is 0.800. The maximum absolute atomic E-state index is 13.7. The van der Waals surface area contributed by atoms with Crippen LogP contribution in [0.25, 0.3) is 0 Å². The van der Waals surface area contributed by atoms with E-state index in [1.54, 1.807) is 13.0 Å². The van der Waals surface area contributed by atoms with E-state index in [2.05, 4.69) is 5.32 Å². The highest BCUT2D eigenvalue weighted by Crippen LogP contribution is 2.32. The summed E-state index contributed by atoms with van der Waals surface area (Å²) in [6.45, 7) is 5.01. The molecule has 2 atom stereocenters. The maximum Gasteiger partial charge on any atom is 0.244 e. The van der Waals surface area contributed by atoms with Gasteiger partial charge in [0.25, 0.3) is 0 Å². The molecule has 9 nitrogen and oxygen atoms in total. The molecule has 0 saturated carbocycles. The molecule has 2 aromatic carbocycles. The van der Waals surface area contributed by atoms with Crippen molar-refractivity contribution < 1.29 is 31.9 Å². The van der Waals surface area contributed by atoms with Crippen LogP contribution in [0.2, 0.25) is 0 Å². The lowest BCUT2D eigenvalue weighted by Gasteiger charge is -2.33. The molecule has 0 spiro atoms. The number of sulfonamides is 1. The van der Waals surface area contributed by atoms with Gasteiger partial charge in [0.05, 0.1) is 26.2 Å². The number of benzene rings is 2. The predicted molar refractivity (Wildman–Crippen MR) is 141 cm³/mol. The number of amides is 2. The van der Waals surface area contributed by atoms with Crippen LogP contribution in [-0.4, -0.2) is 64.2 Å². The van der Waals surface area contributed by atoms with Gasteiger partial charge in [0, 0.05) is 18.7 Å². The van der Waals surface area contributed by atoms with Gasteiger partial charge in [-0.1, -0.05) is 26.0 Å². The number of carbonyl (C=O) groups excluding carboxylic acids is 2. The molecule has 2 amide bonds. The van der Waals surface area contributed by atoms with Gasteiger partial charge in [0.2, 0.25) is 21.8 Å². The van der Waals surface area contributed by atoms with E-state index in [-0.39, 0.29) is 24.2 Å². The second kappa shape index (κ2) is 13.3. The lowest BCUT2D eigenvalue weighted by Crippen LogP contribution is -2.53. The molecule has 0 bridgehead atoms. The molecule has 37 heavy (non-hydrogen) atoms. The van der Waals surface area contributed by atoms with Crippen molar-refractivity contribution in [3.8, 4) is 11.5 Å². The van der Waals surface area contributed by atoms with Crippen LogP contribution >= 0.6 is 0 Å². The first-order valence-corrected chi connectivity index (χ1v) is 13.8. The minimum absolute atomic E-state index is 0.00488. The van der Waals surface area contributed by atoms with E-state index in [0.717, 1.165) is 10.6 Å². The molecule has 0 aliphatic rings. The lowest BCUT2D eigenvalue weighted by atomic mass is 10.1. The van der Waals surface area contributed by atoms with E-state index in [0.29, 0.717) is 29.9 Å². The minimum Gasteiger partial charge on any atom is -0.493 e. The Bertz CT molecular complexity index is 1170. The van der Waals surface area contributed by atoms with E-state index >= 15 is 0 Å². The average Bonchev–Trinajstić information content (AvgIpc) is 2.86. The highest BCUT2D eigenvalue weighted by Gasteiger charge is 2.32. The summed E-state index contributed by atoms with van der Waals surface area (Å²) in [4.78, 5) is 28.1. The molecule has 204 valence electrons. The molecule has 0 heterocycles. The Balaban J connectivity index is 2.48. The minimum atomic E-state index is -3.91. The Kier molecular flexibility index (Phi) is 10.7. The van der Waals surface area contributed by atoms with Crippen LogP contribution in [0.4, 0.5) is 10.1 Å². The van der Waals surface area contributed by atoms with Crippen LogP contribution in [0.3, 0.4) is 0 Å². The molecular weight excluding hydrogens is 501 g/mol. The zero-order valence-corrected chi connectivity index (χ0v) is 23.0. The van der Waals surface area contributed by atoms with Crippen LogP contribution in [-0.2, 0) is 26.2 Å². The fourth-order valence-electron chi connectivity index (χ4n) is 3.74. The smallest absolute Gasteiger partial charge is 0.244 e. The van der Waals surface area contributed by atoms with Crippen molar-refractivity contribution in [1.82, 2.24) is 10.2 Å². The largest absolute Gasteiger partial charge is 0.493 e. The number of halogens is 1. The summed E-state index contributed by atoms with van der Waals surface area (Å²) in [5, 5.41) is 2.90. The Hall–Kier alpha value is -3.34. The quantitative estimate of drug-likeness (QED) is 0.420. The summed E-state index contributed by atoms with van der Waals surface area (Å²) in [6, 6.07) is 9.13. The van der Waals surface area contributed by atoms with Crippen molar-refractivity contribution in [2.75, 3.05) is 31.3 Å².